The largest absolute Gasteiger partial charge is 0.443 e. The molecule has 0 aliphatic heterocycles. The fraction of sp³-hybridized carbons (Fsp3) is 0.286. The van der Waals surface area contributed by atoms with Gasteiger partial charge in [-0.1, -0.05) is 12.1 Å². The van der Waals surface area contributed by atoms with Crippen molar-refractivity contribution in [2.24, 2.45) is 0 Å². The van der Waals surface area contributed by atoms with Crippen LogP contribution in [0, 0.1) is 0 Å². The summed E-state index contributed by atoms with van der Waals surface area (Å²) < 4.78 is 75.4. The summed E-state index contributed by atoms with van der Waals surface area (Å²) in [6.07, 6.45) is -8.41. The Morgan fingerprint density at radius 1 is 1.17 bits per heavy atom. The van der Waals surface area contributed by atoms with E-state index < -0.39 is 34.9 Å². The number of halogens is 6. The molecule has 3 nitrogen and oxygen atoms in total. The normalized spacial score (nSPS) is 13.6. The smallest absolute Gasteiger partial charge is 0.345 e. The van der Waals surface area contributed by atoms with Crippen LogP contribution in [0.4, 0.5) is 26.3 Å². The zero-order valence-electron chi connectivity index (χ0n) is 12.0. The lowest BCUT2D eigenvalue weighted by Gasteiger charge is -2.15. The van der Waals surface area contributed by atoms with Crippen LogP contribution >= 0.6 is 11.3 Å². The highest BCUT2D eigenvalue weighted by atomic mass is 32.1. The third kappa shape index (κ3) is 4.25. The number of carbonyl (C=O) groups excluding carboxylic acids is 1. The molecule has 1 unspecified atom stereocenters. The van der Waals surface area contributed by atoms with E-state index in [1.165, 1.54) is 19.1 Å². The third-order valence-corrected chi connectivity index (χ3v) is 4.07. The molecule has 0 radical (unpaired) electrons. The molecule has 1 atom stereocenters. The summed E-state index contributed by atoms with van der Waals surface area (Å²) in [5.74, 6) is -0.840. The Labute approximate surface area is 136 Å². The number of hydrogen-bond donors (Lipinski definition) is 1. The molecule has 24 heavy (non-hydrogen) atoms. The molecule has 1 heterocycles. The van der Waals surface area contributed by atoms with E-state index in [0.717, 1.165) is 18.3 Å². The van der Waals surface area contributed by atoms with Crippen LogP contribution in [0.2, 0.25) is 0 Å². The molecule has 1 aromatic heterocycles. The monoisotopic (exact) mass is 368 g/mol. The number of amides is 1. The summed E-state index contributed by atoms with van der Waals surface area (Å²) in [5.41, 5.74) is -0.697. The van der Waals surface area contributed by atoms with Crippen LogP contribution in [0.5, 0.6) is 0 Å². The van der Waals surface area contributed by atoms with Gasteiger partial charge in [-0.3, -0.25) is 4.79 Å². The van der Waals surface area contributed by atoms with E-state index in [1.807, 2.05) is 0 Å². The maximum Gasteiger partial charge on any atom is 0.443 e. The molecule has 2 aromatic rings. The molecule has 0 aliphatic rings. The Hall–Kier alpha value is -2.10. The van der Waals surface area contributed by atoms with Crippen molar-refractivity contribution in [1.29, 1.82) is 0 Å². The van der Waals surface area contributed by atoms with E-state index in [0.29, 0.717) is 0 Å². The molecule has 1 aromatic carbocycles. The highest BCUT2D eigenvalue weighted by molar-refractivity contribution is 7.13. The van der Waals surface area contributed by atoms with Crippen LogP contribution in [0.3, 0.4) is 0 Å². The van der Waals surface area contributed by atoms with Crippen molar-refractivity contribution in [2.75, 3.05) is 0 Å². The molecular formula is C14H10F6N2OS. The van der Waals surface area contributed by atoms with Gasteiger partial charge in [0.25, 0.3) is 5.91 Å². The number of alkyl halides is 6. The first-order valence-corrected chi connectivity index (χ1v) is 7.31. The molecule has 2 rings (SSSR count). The van der Waals surface area contributed by atoms with E-state index in [9.17, 15) is 31.1 Å². The van der Waals surface area contributed by atoms with Gasteiger partial charge in [-0.15, -0.1) is 11.3 Å². The van der Waals surface area contributed by atoms with Gasteiger partial charge in [0.1, 0.15) is 4.88 Å². The van der Waals surface area contributed by atoms with Crippen LogP contribution in [-0.2, 0) is 12.4 Å². The van der Waals surface area contributed by atoms with Crippen LogP contribution in [0.15, 0.2) is 30.5 Å². The van der Waals surface area contributed by atoms with Gasteiger partial charge in [0.2, 0.25) is 0 Å². The second kappa shape index (κ2) is 6.42. The fourth-order valence-electron chi connectivity index (χ4n) is 1.85. The lowest BCUT2D eigenvalue weighted by molar-refractivity contribution is -0.138. The number of hydrogen-bond acceptors (Lipinski definition) is 3. The Morgan fingerprint density at radius 3 is 2.38 bits per heavy atom. The molecule has 1 N–H and O–H groups in total. The standard InChI is InChI=1S/C14H10F6N2OS/c1-7(8-3-2-4-9(5-8)13(15,16)17)22-11(23)10-6-21-12(24-10)14(18,19)20/h2-7H,1H3,(H,22,23). The van der Waals surface area contributed by atoms with Crippen molar-refractivity contribution in [3.05, 3.63) is 51.5 Å². The first-order valence-electron chi connectivity index (χ1n) is 6.49. The summed E-state index contributed by atoms with van der Waals surface area (Å²) in [4.78, 5) is 14.8. The SMILES string of the molecule is CC(NC(=O)c1cnc(C(F)(F)F)s1)c1cccc(C(F)(F)F)c1. The van der Waals surface area contributed by atoms with E-state index >= 15 is 0 Å². The Balaban J connectivity index is 2.13. The van der Waals surface area contributed by atoms with Gasteiger partial charge in [0, 0.05) is 0 Å². The van der Waals surface area contributed by atoms with E-state index in [-0.39, 0.29) is 21.8 Å². The van der Waals surface area contributed by atoms with E-state index in [2.05, 4.69) is 10.3 Å². The van der Waals surface area contributed by atoms with Crippen molar-refractivity contribution >= 4 is 17.2 Å². The summed E-state index contributed by atoms with van der Waals surface area (Å²) in [5, 5.41) is 1.19. The second-order valence-corrected chi connectivity index (χ2v) is 5.88. The number of aromatic nitrogens is 1. The van der Waals surface area contributed by atoms with Crippen LogP contribution in [0.25, 0.3) is 0 Å². The molecule has 0 saturated carbocycles. The van der Waals surface area contributed by atoms with Crippen LogP contribution in [0.1, 0.15) is 38.8 Å². The average Bonchev–Trinajstić information content (AvgIpc) is 2.96. The van der Waals surface area contributed by atoms with Gasteiger partial charge in [0.05, 0.1) is 17.8 Å². The van der Waals surface area contributed by atoms with Crippen molar-refractivity contribution < 1.29 is 31.1 Å². The van der Waals surface area contributed by atoms with Gasteiger partial charge in [-0.05, 0) is 24.6 Å². The van der Waals surface area contributed by atoms with Gasteiger partial charge in [0.15, 0.2) is 5.01 Å². The molecular weight excluding hydrogens is 358 g/mol. The van der Waals surface area contributed by atoms with E-state index in [1.54, 1.807) is 0 Å². The predicted octanol–water partition coefficient (Wildman–Crippen LogP) is 4.67. The van der Waals surface area contributed by atoms with Crippen molar-refractivity contribution in [3.63, 3.8) is 0 Å². The fourth-order valence-corrected chi connectivity index (χ4v) is 2.53. The van der Waals surface area contributed by atoms with Crippen molar-refractivity contribution in [1.82, 2.24) is 10.3 Å². The Kier molecular flexibility index (Phi) is 4.88. The minimum absolute atomic E-state index is 0.164. The topological polar surface area (TPSA) is 42.0 Å². The molecule has 1 amide bonds. The summed E-state index contributed by atoms with van der Waals surface area (Å²) in [6.45, 7) is 1.43. The molecule has 0 saturated heterocycles. The number of benzene rings is 1. The molecule has 0 bridgehead atoms. The van der Waals surface area contributed by atoms with Gasteiger partial charge in [-0.2, -0.15) is 26.3 Å². The number of rotatable bonds is 3. The molecule has 0 aliphatic carbocycles. The number of nitrogens with zero attached hydrogens (tertiary/aromatic N) is 1. The minimum Gasteiger partial charge on any atom is -0.345 e. The highest BCUT2D eigenvalue weighted by Crippen LogP contribution is 2.33. The zero-order valence-corrected chi connectivity index (χ0v) is 12.8. The highest BCUT2D eigenvalue weighted by Gasteiger charge is 2.35. The lowest BCUT2D eigenvalue weighted by atomic mass is 10.0. The summed E-state index contributed by atoms with van der Waals surface area (Å²) in [7, 11) is 0. The Morgan fingerprint density at radius 2 is 1.83 bits per heavy atom. The summed E-state index contributed by atoms with van der Waals surface area (Å²) >= 11 is 0.164. The number of nitrogens with one attached hydrogen (secondary N) is 1. The van der Waals surface area contributed by atoms with Crippen molar-refractivity contribution in [3.8, 4) is 0 Å². The summed E-state index contributed by atoms with van der Waals surface area (Å²) in [6, 6.07) is 3.51. The minimum atomic E-state index is -4.66. The predicted molar refractivity (Wildman–Crippen MR) is 74.4 cm³/mol. The second-order valence-electron chi connectivity index (χ2n) is 4.85. The zero-order chi connectivity index (χ0) is 18.1. The van der Waals surface area contributed by atoms with Gasteiger partial charge < -0.3 is 5.32 Å². The van der Waals surface area contributed by atoms with Gasteiger partial charge in [-0.25, -0.2) is 4.98 Å². The number of carbonyl (C=O) groups is 1. The first-order chi connectivity index (χ1) is 11.0. The molecule has 0 fully saturated rings. The quantitative estimate of drug-likeness (QED) is 0.800. The molecule has 0 spiro atoms. The van der Waals surface area contributed by atoms with Gasteiger partial charge >= 0.3 is 12.4 Å². The van der Waals surface area contributed by atoms with E-state index in [4.69, 9.17) is 0 Å². The van der Waals surface area contributed by atoms with Crippen LogP contribution in [-0.4, -0.2) is 10.9 Å². The van der Waals surface area contributed by atoms with Crippen LogP contribution < -0.4 is 5.32 Å². The first kappa shape index (κ1) is 18.2. The molecule has 10 heteroatoms. The van der Waals surface area contributed by atoms with Crippen molar-refractivity contribution in [2.45, 2.75) is 25.3 Å². The average molecular weight is 368 g/mol. The molecule has 130 valence electrons. The Bertz CT molecular complexity index is 737. The lowest BCUT2D eigenvalue weighted by Crippen LogP contribution is -2.26. The maximum absolute atomic E-state index is 12.7. The number of thiazole rings is 1. The maximum atomic E-state index is 12.7. The third-order valence-electron chi connectivity index (χ3n) is 3.03.